The van der Waals surface area contributed by atoms with Gasteiger partial charge in [-0.2, -0.15) is 13.2 Å². The molecule has 0 saturated carbocycles. The Morgan fingerprint density at radius 3 is 2.61 bits per heavy atom. The molecule has 1 heterocycles. The van der Waals surface area contributed by atoms with E-state index in [1.165, 1.54) is 24.3 Å². The maximum Gasteiger partial charge on any atom is 0.416 e. The highest BCUT2D eigenvalue weighted by molar-refractivity contribution is 6.02. The van der Waals surface area contributed by atoms with Gasteiger partial charge in [-0.3, -0.25) is 4.79 Å². The first kappa shape index (κ1) is 16.5. The van der Waals surface area contributed by atoms with Crippen molar-refractivity contribution in [2.24, 2.45) is 0 Å². The SMILES string of the molecule is C=CCNc1ccc(C(=O)Nc2cccc(C(F)(F)F)c2)nn1. The van der Waals surface area contributed by atoms with Crippen LogP contribution in [-0.4, -0.2) is 22.6 Å². The lowest BCUT2D eigenvalue weighted by atomic mass is 10.2. The smallest absolute Gasteiger partial charge is 0.365 e. The molecule has 1 aromatic carbocycles. The fraction of sp³-hybridized carbons (Fsp3) is 0.133. The average Bonchev–Trinajstić information content (AvgIpc) is 2.53. The summed E-state index contributed by atoms with van der Waals surface area (Å²) in [6.45, 7) is 4.03. The Hall–Kier alpha value is -2.90. The number of halogens is 3. The van der Waals surface area contributed by atoms with Crippen molar-refractivity contribution in [1.29, 1.82) is 0 Å². The zero-order valence-electron chi connectivity index (χ0n) is 11.9. The Labute approximate surface area is 130 Å². The summed E-state index contributed by atoms with van der Waals surface area (Å²) in [5.74, 6) is -0.187. The van der Waals surface area contributed by atoms with Crippen molar-refractivity contribution in [1.82, 2.24) is 10.2 Å². The molecule has 120 valence electrons. The Kier molecular flexibility index (Phi) is 4.95. The summed E-state index contributed by atoms with van der Waals surface area (Å²) in [7, 11) is 0. The number of carbonyl (C=O) groups excluding carboxylic acids is 1. The first-order valence-electron chi connectivity index (χ1n) is 6.57. The Bertz CT molecular complexity index is 699. The maximum absolute atomic E-state index is 12.6. The molecule has 0 aliphatic carbocycles. The highest BCUT2D eigenvalue weighted by Crippen LogP contribution is 2.30. The second-order valence-corrected chi connectivity index (χ2v) is 4.51. The summed E-state index contributed by atoms with van der Waals surface area (Å²) < 4.78 is 37.9. The first-order valence-corrected chi connectivity index (χ1v) is 6.57. The zero-order chi connectivity index (χ0) is 16.9. The molecular weight excluding hydrogens is 309 g/mol. The largest absolute Gasteiger partial charge is 0.416 e. The van der Waals surface area contributed by atoms with E-state index in [1.54, 1.807) is 6.08 Å². The summed E-state index contributed by atoms with van der Waals surface area (Å²) >= 11 is 0. The van der Waals surface area contributed by atoms with E-state index in [9.17, 15) is 18.0 Å². The normalized spacial score (nSPS) is 10.9. The van der Waals surface area contributed by atoms with Crippen molar-refractivity contribution >= 4 is 17.4 Å². The molecule has 0 spiro atoms. The lowest BCUT2D eigenvalue weighted by Gasteiger charge is -2.09. The van der Waals surface area contributed by atoms with Gasteiger partial charge < -0.3 is 10.6 Å². The highest BCUT2D eigenvalue weighted by atomic mass is 19.4. The molecule has 0 aliphatic rings. The van der Waals surface area contributed by atoms with Crippen LogP contribution in [-0.2, 0) is 6.18 Å². The van der Waals surface area contributed by atoms with Crippen LogP contribution >= 0.6 is 0 Å². The summed E-state index contributed by atoms with van der Waals surface area (Å²) in [6, 6.07) is 7.31. The molecule has 1 amide bonds. The van der Waals surface area contributed by atoms with Gasteiger partial charge in [-0.25, -0.2) is 0 Å². The molecule has 0 atom stereocenters. The number of benzene rings is 1. The van der Waals surface area contributed by atoms with E-state index < -0.39 is 17.6 Å². The fourth-order valence-corrected chi connectivity index (χ4v) is 1.69. The molecule has 0 saturated heterocycles. The molecule has 1 aromatic heterocycles. The van der Waals surface area contributed by atoms with Crippen LogP contribution in [0.1, 0.15) is 16.1 Å². The van der Waals surface area contributed by atoms with Crippen LogP contribution in [0.4, 0.5) is 24.7 Å². The first-order chi connectivity index (χ1) is 10.9. The second-order valence-electron chi connectivity index (χ2n) is 4.51. The number of nitrogens with zero attached hydrogens (tertiary/aromatic N) is 2. The number of nitrogens with one attached hydrogen (secondary N) is 2. The molecule has 8 heteroatoms. The molecule has 0 radical (unpaired) electrons. The predicted octanol–water partition coefficient (Wildman–Crippen LogP) is 3.35. The average molecular weight is 322 g/mol. The van der Waals surface area contributed by atoms with Crippen molar-refractivity contribution < 1.29 is 18.0 Å². The minimum atomic E-state index is -4.47. The summed E-state index contributed by atoms with van der Waals surface area (Å²) in [6.07, 6.45) is -2.84. The third-order valence-electron chi connectivity index (χ3n) is 2.77. The summed E-state index contributed by atoms with van der Waals surface area (Å²) in [5, 5.41) is 12.7. The molecule has 2 aromatic rings. The van der Waals surface area contributed by atoms with Crippen molar-refractivity contribution in [2.45, 2.75) is 6.18 Å². The highest BCUT2D eigenvalue weighted by Gasteiger charge is 2.30. The van der Waals surface area contributed by atoms with Gasteiger partial charge in [-0.15, -0.1) is 16.8 Å². The molecular formula is C15H13F3N4O. The topological polar surface area (TPSA) is 66.9 Å². The van der Waals surface area contributed by atoms with Crippen LogP contribution < -0.4 is 10.6 Å². The van der Waals surface area contributed by atoms with Crippen molar-refractivity contribution in [3.8, 4) is 0 Å². The predicted molar refractivity (Wildman–Crippen MR) is 80.1 cm³/mol. The van der Waals surface area contributed by atoms with Crippen molar-refractivity contribution in [3.05, 3.63) is 60.3 Å². The quantitative estimate of drug-likeness (QED) is 0.829. The number of anilines is 2. The van der Waals surface area contributed by atoms with Crippen molar-refractivity contribution in [2.75, 3.05) is 17.2 Å². The molecule has 0 bridgehead atoms. The molecule has 2 rings (SSSR count). The van der Waals surface area contributed by atoms with Gasteiger partial charge in [0.1, 0.15) is 5.82 Å². The monoisotopic (exact) mass is 322 g/mol. The number of amides is 1. The third kappa shape index (κ3) is 4.53. The zero-order valence-corrected chi connectivity index (χ0v) is 11.9. The molecule has 0 unspecified atom stereocenters. The number of carbonyl (C=O) groups is 1. The van der Waals surface area contributed by atoms with Crippen LogP contribution in [0.5, 0.6) is 0 Å². The van der Waals surface area contributed by atoms with Crippen LogP contribution in [0.2, 0.25) is 0 Å². The molecule has 23 heavy (non-hydrogen) atoms. The minimum Gasteiger partial charge on any atom is -0.365 e. The number of hydrogen-bond donors (Lipinski definition) is 2. The van der Waals surface area contributed by atoms with E-state index in [-0.39, 0.29) is 11.4 Å². The van der Waals surface area contributed by atoms with E-state index in [0.29, 0.717) is 12.4 Å². The van der Waals surface area contributed by atoms with Gasteiger partial charge in [-0.1, -0.05) is 12.1 Å². The lowest BCUT2D eigenvalue weighted by molar-refractivity contribution is -0.137. The van der Waals surface area contributed by atoms with Crippen molar-refractivity contribution in [3.63, 3.8) is 0 Å². The van der Waals surface area contributed by atoms with Gasteiger partial charge in [0.05, 0.1) is 5.56 Å². The van der Waals surface area contributed by atoms with E-state index in [2.05, 4.69) is 27.4 Å². The molecule has 5 nitrogen and oxygen atoms in total. The van der Waals surface area contributed by atoms with E-state index in [0.717, 1.165) is 12.1 Å². The third-order valence-corrected chi connectivity index (χ3v) is 2.77. The van der Waals surface area contributed by atoms with Gasteiger partial charge in [0.15, 0.2) is 5.69 Å². The standard InChI is InChI=1S/C15H13F3N4O/c1-2-8-19-13-7-6-12(21-22-13)14(23)20-11-5-3-4-10(9-11)15(16,17)18/h2-7,9H,1,8H2,(H,19,22)(H,20,23). The summed E-state index contributed by atoms with van der Waals surface area (Å²) in [4.78, 5) is 12.0. The molecule has 2 N–H and O–H groups in total. The van der Waals surface area contributed by atoms with Crippen LogP contribution in [0.3, 0.4) is 0 Å². The fourth-order valence-electron chi connectivity index (χ4n) is 1.69. The lowest BCUT2D eigenvalue weighted by Crippen LogP contribution is -2.15. The molecule has 0 aliphatic heterocycles. The maximum atomic E-state index is 12.6. The molecule has 0 fully saturated rings. The Morgan fingerprint density at radius 2 is 2.00 bits per heavy atom. The number of alkyl halides is 3. The number of hydrogen-bond acceptors (Lipinski definition) is 4. The van der Waals surface area contributed by atoms with Gasteiger partial charge >= 0.3 is 6.18 Å². The van der Waals surface area contributed by atoms with Gasteiger partial charge in [0.2, 0.25) is 0 Å². The Balaban J connectivity index is 2.08. The van der Waals surface area contributed by atoms with Gasteiger partial charge in [-0.05, 0) is 30.3 Å². The van der Waals surface area contributed by atoms with Gasteiger partial charge in [0, 0.05) is 12.2 Å². The number of rotatable bonds is 5. The van der Waals surface area contributed by atoms with E-state index >= 15 is 0 Å². The van der Waals surface area contributed by atoms with Crippen LogP contribution in [0.25, 0.3) is 0 Å². The summed E-state index contributed by atoms with van der Waals surface area (Å²) in [5.41, 5.74) is -0.822. The van der Waals surface area contributed by atoms with Crippen LogP contribution in [0.15, 0.2) is 49.1 Å². The number of aromatic nitrogens is 2. The van der Waals surface area contributed by atoms with Crippen LogP contribution in [0, 0.1) is 0 Å². The minimum absolute atomic E-state index is 0.00781. The van der Waals surface area contributed by atoms with E-state index in [1.807, 2.05) is 0 Å². The van der Waals surface area contributed by atoms with E-state index in [4.69, 9.17) is 0 Å². The second kappa shape index (κ2) is 6.91. The Morgan fingerprint density at radius 1 is 1.22 bits per heavy atom. The van der Waals surface area contributed by atoms with Gasteiger partial charge in [0.25, 0.3) is 5.91 Å².